The second-order valence-electron chi connectivity index (χ2n) is 5.96. The number of amides is 2. The maximum atomic E-state index is 12.3. The van der Waals surface area contributed by atoms with E-state index < -0.39 is 29.6 Å². The Kier molecular flexibility index (Phi) is 5.23. The summed E-state index contributed by atoms with van der Waals surface area (Å²) < 4.78 is 0. The molecule has 7 heteroatoms. The van der Waals surface area contributed by atoms with Crippen molar-refractivity contribution in [3.8, 4) is 5.75 Å². The molecule has 0 heterocycles. The fourth-order valence-corrected chi connectivity index (χ4v) is 2.76. The molecule has 0 fully saturated rings. The number of hydrogen-bond acceptors (Lipinski definition) is 5. The molecule has 0 radical (unpaired) electrons. The quantitative estimate of drug-likeness (QED) is 0.542. The van der Waals surface area contributed by atoms with Gasteiger partial charge in [-0.25, -0.2) is 0 Å². The van der Waals surface area contributed by atoms with Gasteiger partial charge in [-0.1, -0.05) is 23.3 Å². The normalized spacial score (nSPS) is 20.4. The standard InChI is InChI=1S/C17H20N2O5/c1-9-7-12(13(17(23)24)8-10(9)2)16(22)19-18-15(21)11-5-3-4-6-14(11)20/h3-6,12-13,20H,7-8H2,1-2H3,(H,18,21)(H,19,22)(H,23,24)/p-1. The van der Waals surface area contributed by atoms with Crippen molar-refractivity contribution < 1.29 is 24.6 Å². The van der Waals surface area contributed by atoms with Crippen LogP contribution >= 0.6 is 0 Å². The lowest BCUT2D eigenvalue weighted by molar-refractivity contribution is -0.313. The highest BCUT2D eigenvalue weighted by molar-refractivity contribution is 5.98. The van der Waals surface area contributed by atoms with Gasteiger partial charge in [0.25, 0.3) is 5.91 Å². The van der Waals surface area contributed by atoms with Crippen LogP contribution in [0.1, 0.15) is 37.0 Å². The van der Waals surface area contributed by atoms with Crippen LogP contribution in [0, 0.1) is 11.8 Å². The van der Waals surface area contributed by atoms with Gasteiger partial charge >= 0.3 is 0 Å². The van der Waals surface area contributed by atoms with Gasteiger partial charge in [0.1, 0.15) is 5.75 Å². The van der Waals surface area contributed by atoms with E-state index >= 15 is 0 Å². The summed E-state index contributed by atoms with van der Waals surface area (Å²) in [5, 5.41) is 20.9. The molecule has 0 bridgehead atoms. The Labute approximate surface area is 139 Å². The van der Waals surface area contributed by atoms with Gasteiger partial charge in [0.15, 0.2) is 0 Å². The van der Waals surface area contributed by atoms with Gasteiger partial charge in [-0.2, -0.15) is 0 Å². The molecule has 128 valence electrons. The highest BCUT2D eigenvalue weighted by Crippen LogP contribution is 2.33. The summed E-state index contributed by atoms with van der Waals surface area (Å²) in [5.41, 5.74) is 6.33. The van der Waals surface area contributed by atoms with E-state index in [4.69, 9.17) is 0 Å². The van der Waals surface area contributed by atoms with Gasteiger partial charge in [-0.3, -0.25) is 20.4 Å². The number of carbonyl (C=O) groups is 3. The first-order chi connectivity index (χ1) is 11.3. The van der Waals surface area contributed by atoms with Gasteiger partial charge < -0.3 is 15.0 Å². The van der Waals surface area contributed by atoms with Crippen molar-refractivity contribution in [2.24, 2.45) is 11.8 Å². The summed E-state index contributed by atoms with van der Waals surface area (Å²) in [4.78, 5) is 35.5. The number of allylic oxidation sites excluding steroid dienone is 2. The topological polar surface area (TPSA) is 119 Å². The van der Waals surface area contributed by atoms with Crippen LogP contribution < -0.4 is 16.0 Å². The Balaban J connectivity index is 2.05. The Bertz CT molecular complexity index is 711. The van der Waals surface area contributed by atoms with Crippen molar-refractivity contribution in [3.63, 3.8) is 0 Å². The molecule has 0 saturated carbocycles. The van der Waals surface area contributed by atoms with E-state index in [0.717, 1.165) is 11.1 Å². The van der Waals surface area contributed by atoms with Crippen LogP contribution in [0.4, 0.5) is 0 Å². The molecule has 1 aliphatic carbocycles. The van der Waals surface area contributed by atoms with Crippen molar-refractivity contribution in [1.82, 2.24) is 10.9 Å². The first-order valence-corrected chi connectivity index (χ1v) is 7.55. The molecule has 2 amide bonds. The second-order valence-corrected chi connectivity index (χ2v) is 5.96. The molecule has 2 unspecified atom stereocenters. The molecule has 1 aromatic carbocycles. The molecule has 0 aliphatic heterocycles. The number of phenolic OH excluding ortho intramolecular Hbond substituents is 1. The van der Waals surface area contributed by atoms with Gasteiger partial charge in [0.05, 0.1) is 11.5 Å². The lowest BCUT2D eigenvalue weighted by Crippen LogP contribution is -2.49. The molecule has 7 nitrogen and oxygen atoms in total. The fraction of sp³-hybridized carbons (Fsp3) is 0.353. The summed E-state index contributed by atoms with van der Waals surface area (Å²) >= 11 is 0. The summed E-state index contributed by atoms with van der Waals surface area (Å²) in [7, 11) is 0. The molecule has 0 spiro atoms. The van der Waals surface area contributed by atoms with Crippen LogP contribution in [0.25, 0.3) is 0 Å². The first-order valence-electron chi connectivity index (χ1n) is 7.55. The van der Waals surface area contributed by atoms with E-state index in [1.165, 1.54) is 12.1 Å². The number of para-hydroxylation sites is 1. The number of aromatic hydroxyl groups is 1. The second kappa shape index (κ2) is 7.16. The SMILES string of the molecule is CC1=C(C)CC(C(=O)NNC(=O)c2ccccc2O)C(C(=O)[O-])C1. The Hall–Kier alpha value is -2.83. The number of carbonyl (C=O) groups excluding carboxylic acids is 3. The smallest absolute Gasteiger partial charge is 0.273 e. The summed E-state index contributed by atoms with van der Waals surface area (Å²) in [6.07, 6.45) is 0.544. The van der Waals surface area contributed by atoms with Crippen LogP contribution in [0.3, 0.4) is 0 Å². The molecule has 3 N–H and O–H groups in total. The maximum absolute atomic E-state index is 12.3. The monoisotopic (exact) mass is 331 g/mol. The zero-order valence-electron chi connectivity index (χ0n) is 13.5. The minimum Gasteiger partial charge on any atom is -0.550 e. The lowest BCUT2D eigenvalue weighted by atomic mass is 9.76. The number of hydrazine groups is 1. The van der Waals surface area contributed by atoms with Gasteiger partial charge in [-0.05, 0) is 38.8 Å². The number of carboxylic acids is 1. The van der Waals surface area contributed by atoms with Crippen LogP contribution in [-0.4, -0.2) is 22.9 Å². The highest BCUT2D eigenvalue weighted by atomic mass is 16.4. The van der Waals surface area contributed by atoms with E-state index in [1.54, 1.807) is 12.1 Å². The van der Waals surface area contributed by atoms with Gasteiger partial charge in [0, 0.05) is 11.9 Å². The number of nitrogens with one attached hydrogen (secondary N) is 2. The Morgan fingerprint density at radius 3 is 2.21 bits per heavy atom. The van der Waals surface area contributed by atoms with Crippen molar-refractivity contribution >= 4 is 17.8 Å². The highest BCUT2D eigenvalue weighted by Gasteiger charge is 2.33. The lowest BCUT2D eigenvalue weighted by Gasteiger charge is -2.32. The minimum atomic E-state index is -1.28. The summed E-state index contributed by atoms with van der Waals surface area (Å²) in [5.74, 6) is -4.54. The molecule has 1 aromatic rings. The summed E-state index contributed by atoms with van der Waals surface area (Å²) in [6, 6.07) is 5.88. The van der Waals surface area contributed by atoms with Crippen molar-refractivity contribution in [2.45, 2.75) is 26.7 Å². The predicted octanol–water partition coefficient (Wildman–Crippen LogP) is 0.266. The van der Waals surface area contributed by atoms with Crippen molar-refractivity contribution in [1.29, 1.82) is 0 Å². The van der Waals surface area contributed by atoms with E-state index in [2.05, 4.69) is 10.9 Å². The van der Waals surface area contributed by atoms with Gasteiger partial charge in [0.2, 0.25) is 5.91 Å². The average molecular weight is 331 g/mol. The minimum absolute atomic E-state index is 0.00446. The van der Waals surface area contributed by atoms with E-state index in [9.17, 15) is 24.6 Å². The average Bonchev–Trinajstić information content (AvgIpc) is 2.54. The predicted molar refractivity (Wildman–Crippen MR) is 83.3 cm³/mol. The van der Waals surface area contributed by atoms with Crippen LogP contribution in [-0.2, 0) is 9.59 Å². The number of aliphatic carboxylic acids is 1. The Morgan fingerprint density at radius 2 is 1.62 bits per heavy atom. The zero-order valence-corrected chi connectivity index (χ0v) is 13.5. The third-order valence-corrected chi connectivity index (χ3v) is 4.35. The molecular formula is C17H19N2O5-. The van der Waals surface area contributed by atoms with Crippen LogP contribution in [0.5, 0.6) is 5.75 Å². The zero-order chi connectivity index (χ0) is 17.9. The number of carboxylic acid groups (broad SMARTS) is 1. The maximum Gasteiger partial charge on any atom is 0.273 e. The molecular weight excluding hydrogens is 312 g/mol. The molecule has 0 saturated heterocycles. The van der Waals surface area contributed by atoms with Crippen LogP contribution in [0.2, 0.25) is 0 Å². The third-order valence-electron chi connectivity index (χ3n) is 4.35. The van der Waals surface area contributed by atoms with Gasteiger partial charge in [-0.15, -0.1) is 0 Å². The molecule has 2 atom stereocenters. The fourth-order valence-electron chi connectivity index (χ4n) is 2.76. The van der Waals surface area contributed by atoms with E-state index in [-0.39, 0.29) is 17.7 Å². The molecule has 1 aliphatic rings. The number of phenols is 1. The molecule has 0 aromatic heterocycles. The third kappa shape index (κ3) is 3.73. The molecule has 24 heavy (non-hydrogen) atoms. The first kappa shape index (κ1) is 17.5. The van der Waals surface area contributed by atoms with Crippen molar-refractivity contribution in [3.05, 3.63) is 41.0 Å². The Morgan fingerprint density at radius 1 is 1.04 bits per heavy atom. The number of benzene rings is 1. The number of hydrogen-bond donors (Lipinski definition) is 3. The number of rotatable bonds is 3. The van der Waals surface area contributed by atoms with Crippen LogP contribution in [0.15, 0.2) is 35.4 Å². The molecule has 2 rings (SSSR count). The summed E-state index contributed by atoms with van der Waals surface area (Å²) in [6.45, 7) is 3.68. The van der Waals surface area contributed by atoms with E-state index in [0.29, 0.717) is 6.42 Å². The van der Waals surface area contributed by atoms with Crippen molar-refractivity contribution in [2.75, 3.05) is 0 Å². The largest absolute Gasteiger partial charge is 0.550 e. The van der Waals surface area contributed by atoms with E-state index in [1.807, 2.05) is 13.8 Å².